The molecule has 1 amide bonds. The standard InChI is InChI=1S/C28H30N2O2/c31-27(24-14-8-3-9-15-24)29-18-16-28(32,17-19-29)25-20-30(21-25)26(22-10-4-1-5-11-22)23-12-6-2-7-13-23/h1-15,25-26,32H,16-21H2. The lowest BCUT2D eigenvalue weighted by Gasteiger charge is -2.53. The van der Waals surface area contributed by atoms with Gasteiger partial charge in [0.1, 0.15) is 0 Å². The van der Waals surface area contributed by atoms with Crippen LogP contribution in [0.4, 0.5) is 0 Å². The Morgan fingerprint density at radius 3 is 1.75 bits per heavy atom. The fourth-order valence-electron chi connectivity index (χ4n) is 5.22. The zero-order valence-electron chi connectivity index (χ0n) is 18.3. The van der Waals surface area contributed by atoms with Crippen LogP contribution in [0, 0.1) is 5.92 Å². The van der Waals surface area contributed by atoms with Crippen LogP contribution >= 0.6 is 0 Å². The molecule has 0 aromatic heterocycles. The van der Waals surface area contributed by atoms with Crippen LogP contribution in [0.3, 0.4) is 0 Å². The molecular weight excluding hydrogens is 396 g/mol. The van der Waals surface area contributed by atoms with E-state index >= 15 is 0 Å². The largest absolute Gasteiger partial charge is 0.389 e. The molecule has 2 aliphatic heterocycles. The number of carbonyl (C=O) groups is 1. The summed E-state index contributed by atoms with van der Waals surface area (Å²) < 4.78 is 0. The zero-order chi connectivity index (χ0) is 22.0. The van der Waals surface area contributed by atoms with Crippen LogP contribution in [0.1, 0.15) is 40.4 Å². The average Bonchev–Trinajstić information content (AvgIpc) is 2.82. The number of carbonyl (C=O) groups excluding carboxylic acids is 1. The van der Waals surface area contributed by atoms with E-state index in [4.69, 9.17) is 0 Å². The lowest BCUT2D eigenvalue weighted by molar-refractivity contribution is -0.120. The topological polar surface area (TPSA) is 43.8 Å². The molecule has 0 atom stereocenters. The first-order valence-corrected chi connectivity index (χ1v) is 11.5. The maximum absolute atomic E-state index is 12.8. The van der Waals surface area contributed by atoms with Crippen LogP contribution in [0.25, 0.3) is 0 Å². The van der Waals surface area contributed by atoms with Crippen molar-refractivity contribution in [2.24, 2.45) is 5.92 Å². The van der Waals surface area contributed by atoms with Gasteiger partial charge in [-0.1, -0.05) is 78.9 Å². The zero-order valence-corrected chi connectivity index (χ0v) is 18.3. The Labute approximate surface area is 190 Å². The van der Waals surface area contributed by atoms with Crippen LogP contribution in [0.5, 0.6) is 0 Å². The first kappa shape index (κ1) is 20.9. The van der Waals surface area contributed by atoms with Gasteiger partial charge in [-0.25, -0.2) is 0 Å². The monoisotopic (exact) mass is 426 g/mol. The van der Waals surface area contributed by atoms with Gasteiger partial charge in [0, 0.05) is 37.7 Å². The van der Waals surface area contributed by atoms with Gasteiger partial charge in [-0.3, -0.25) is 9.69 Å². The molecule has 0 radical (unpaired) electrons. The fraction of sp³-hybridized carbons (Fsp3) is 0.321. The molecule has 0 saturated carbocycles. The van der Waals surface area contributed by atoms with Crippen molar-refractivity contribution in [2.45, 2.75) is 24.5 Å². The molecule has 3 aromatic carbocycles. The minimum atomic E-state index is -0.693. The normalized spacial score (nSPS) is 19.0. The molecule has 2 heterocycles. The Kier molecular flexibility index (Phi) is 5.81. The Bertz CT molecular complexity index is 985. The Hall–Kier alpha value is -2.95. The molecule has 4 nitrogen and oxygen atoms in total. The van der Waals surface area contributed by atoms with Gasteiger partial charge in [-0.05, 0) is 36.1 Å². The van der Waals surface area contributed by atoms with E-state index in [1.165, 1.54) is 11.1 Å². The van der Waals surface area contributed by atoms with Crippen molar-refractivity contribution in [1.29, 1.82) is 0 Å². The Balaban J connectivity index is 1.24. The van der Waals surface area contributed by atoms with Gasteiger partial charge in [0.25, 0.3) is 5.91 Å². The Morgan fingerprint density at radius 1 is 0.781 bits per heavy atom. The van der Waals surface area contributed by atoms with Crippen LogP contribution in [0.15, 0.2) is 91.0 Å². The number of piperidine rings is 1. The van der Waals surface area contributed by atoms with Gasteiger partial charge in [-0.2, -0.15) is 0 Å². The molecule has 2 saturated heterocycles. The summed E-state index contributed by atoms with van der Waals surface area (Å²) in [6.07, 6.45) is 1.29. The molecule has 0 aliphatic carbocycles. The first-order chi connectivity index (χ1) is 15.6. The van der Waals surface area contributed by atoms with Crippen molar-refractivity contribution in [2.75, 3.05) is 26.2 Å². The minimum absolute atomic E-state index is 0.0658. The second kappa shape index (κ2) is 8.89. The summed E-state index contributed by atoms with van der Waals surface area (Å²) in [5, 5.41) is 11.4. The second-order valence-corrected chi connectivity index (χ2v) is 9.14. The number of likely N-dealkylation sites (tertiary alicyclic amines) is 2. The van der Waals surface area contributed by atoms with Crippen molar-refractivity contribution in [3.05, 3.63) is 108 Å². The predicted molar refractivity (Wildman–Crippen MR) is 126 cm³/mol. The molecule has 5 rings (SSSR count). The van der Waals surface area contributed by atoms with Crippen molar-refractivity contribution in [1.82, 2.24) is 9.80 Å². The maximum Gasteiger partial charge on any atom is 0.253 e. The van der Waals surface area contributed by atoms with Gasteiger partial charge < -0.3 is 10.0 Å². The number of nitrogens with zero attached hydrogens (tertiary/aromatic N) is 2. The van der Waals surface area contributed by atoms with E-state index in [0.717, 1.165) is 18.7 Å². The molecule has 32 heavy (non-hydrogen) atoms. The van der Waals surface area contributed by atoms with E-state index in [-0.39, 0.29) is 17.9 Å². The van der Waals surface area contributed by atoms with Crippen LogP contribution in [0.2, 0.25) is 0 Å². The summed E-state index contributed by atoms with van der Waals surface area (Å²) in [6, 6.07) is 30.9. The first-order valence-electron chi connectivity index (χ1n) is 11.5. The molecule has 2 aliphatic rings. The van der Waals surface area contributed by atoms with Gasteiger partial charge in [0.2, 0.25) is 0 Å². The summed E-state index contributed by atoms with van der Waals surface area (Å²) in [4.78, 5) is 17.1. The van der Waals surface area contributed by atoms with Crippen molar-refractivity contribution in [3.8, 4) is 0 Å². The summed E-state index contributed by atoms with van der Waals surface area (Å²) in [5.41, 5.74) is 2.60. The second-order valence-electron chi connectivity index (χ2n) is 9.14. The fourth-order valence-corrected chi connectivity index (χ4v) is 5.22. The highest BCUT2D eigenvalue weighted by atomic mass is 16.3. The van der Waals surface area contributed by atoms with Gasteiger partial charge in [0.15, 0.2) is 0 Å². The number of hydrogen-bond donors (Lipinski definition) is 1. The highest BCUT2D eigenvalue weighted by Gasteiger charge is 2.47. The molecule has 0 spiro atoms. The van der Waals surface area contributed by atoms with E-state index in [1.54, 1.807) is 0 Å². The van der Waals surface area contributed by atoms with Gasteiger partial charge in [0.05, 0.1) is 11.6 Å². The minimum Gasteiger partial charge on any atom is -0.389 e. The average molecular weight is 427 g/mol. The molecular formula is C28H30N2O2. The van der Waals surface area contributed by atoms with E-state index in [9.17, 15) is 9.90 Å². The smallest absolute Gasteiger partial charge is 0.253 e. The lowest BCUT2D eigenvalue weighted by atomic mass is 9.74. The molecule has 1 N–H and O–H groups in total. The van der Waals surface area contributed by atoms with E-state index in [1.807, 2.05) is 35.2 Å². The lowest BCUT2D eigenvalue weighted by Crippen LogP contribution is -2.61. The summed E-state index contributed by atoms with van der Waals surface area (Å²) in [7, 11) is 0. The molecule has 3 aromatic rings. The van der Waals surface area contributed by atoms with Gasteiger partial charge in [-0.15, -0.1) is 0 Å². The predicted octanol–water partition coefficient (Wildman–Crippen LogP) is 4.38. The van der Waals surface area contributed by atoms with Crippen LogP contribution in [-0.2, 0) is 0 Å². The van der Waals surface area contributed by atoms with Gasteiger partial charge >= 0.3 is 0 Å². The molecule has 0 unspecified atom stereocenters. The highest BCUT2D eigenvalue weighted by molar-refractivity contribution is 5.94. The van der Waals surface area contributed by atoms with Crippen LogP contribution < -0.4 is 0 Å². The van der Waals surface area contributed by atoms with Crippen molar-refractivity contribution in [3.63, 3.8) is 0 Å². The summed E-state index contributed by atoms with van der Waals surface area (Å²) in [6.45, 7) is 2.97. The SMILES string of the molecule is O=C(c1ccccc1)N1CCC(O)(C2CN(C(c3ccccc3)c3ccccc3)C2)CC1. The van der Waals surface area contributed by atoms with E-state index in [2.05, 4.69) is 65.6 Å². The number of aliphatic hydroxyl groups is 1. The van der Waals surface area contributed by atoms with Crippen LogP contribution in [-0.4, -0.2) is 52.6 Å². The third kappa shape index (κ3) is 4.08. The maximum atomic E-state index is 12.8. The van der Waals surface area contributed by atoms with E-state index < -0.39 is 5.60 Å². The third-order valence-electron chi connectivity index (χ3n) is 7.20. The number of amides is 1. The number of benzene rings is 3. The van der Waals surface area contributed by atoms with E-state index in [0.29, 0.717) is 25.9 Å². The third-order valence-corrected chi connectivity index (χ3v) is 7.20. The Morgan fingerprint density at radius 2 is 1.25 bits per heavy atom. The highest BCUT2D eigenvalue weighted by Crippen LogP contribution is 2.41. The summed E-state index contributed by atoms with van der Waals surface area (Å²) in [5.74, 6) is 0.308. The van der Waals surface area contributed by atoms with Crippen molar-refractivity contribution >= 4 is 5.91 Å². The quantitative estimate of drug-likeness (QED) is 0.659. The number of rotatable bonds is 5. The molecule has 0 bridgehead atoms. The number of hydrogen-bond acceptors (Lipinski definition) is 3. The molecule has 164 valence electrons. The summed E-state index contributed by atoms with van der Waals surface area (Å²) >= 11 is 0. The molecule has 2 fully saturated rings. The van der Waals surface area contributed by atoms with Crippen molar-refractivity contribution < 1.29 is 9.90 Å². The molecule has 4 heteroatoms.